The molecule has 0 amide bonds. The van der Waals surface area contributed by atoms with Crippen LogP contribution in [0.5, 0.6) is 0 Å². The van der Waals surface area contributed by atoms with Crippen molar-refractivity contribution in [3.05, 3.63) is 12.1 Å². The van der Waals surface area contributed by atoms with Crippen LogP contribution in [0.4, 0.5) is 51.7 Å². The topological polar surface area (TPSA) is 86.7 Å². The van der Waals surface area contributed by atoms with Crippen LogP contribution in [0.2, 0.25) is 0 Å². The van der Waals surface area contributed by atoms with Crippen LogP contribution < -0.4 is 0 Å². The minimum Gasteiger partial charge on any atom is -0.398 e. The highest BCUT2D eigenvalue weighted by Gasteiger charge is 2.78. The molecule has 28 heavy (non-hydrogen) atoms. The Hall–Kier alpha value is -1.44. The quantitative estimate of drug-likeness (QED) is 0.282. The van der Waals surface area contributed by atoms with Gasteiger partial charge in [-0.3, -0.25) is 4.74 Å². The van der Waals surface area contributed by atoms with Crippen LogP contribution in [-0.4, -0.2) is 52.3 Å². The highest BCUT2D eigenvalue weighted by Crippen LogP contribution is 2.50. The summed E-state index contributed by atoms with van der Waals surface area (Å²) in [4.78, 5) is 0. The Morgan fingerprint density at radius 3 is 1.36 bits per heavy atom. The molecule has 0 fully saturated rings. The van der Waals surface area contributed by atoms with Gasteiger partial charge in [0.1, 0.15) is 11.5 Å². The molecule has 0 aliphatic heterocycles. The molecule has 0 saturated heterocycles. The van der Waals surface area contributed by atoms with E-state index in [1.54, 1.807) is 0 Å². The fourth-order valence-corrected chi connectivity index (χ4v) is 2.85. The van der Waals surface area contributed by atoms with Gasteiger partial charge in [-0.15, -0.1) is 7.77 Å². The average Bonchev–Trinajstić information content (AvgIpc) is 2.30. The molecule has 0 rings (SSSR count). The molecule has 1 unspecified atom stereocenters. The summed E-state index contributed by atoms with van der Waals surface area (Å²) in [5, 5.41) is 0. The summed E-state index contributed by atoms with van der Waals surface area (Å²) in [6.45, 7) is 0. The van der Waals surface area contributed by atoms with E-state index in [0.29, 0.717) is 0 Å². The van der Waals surface area contributed by atoms with E-state index in [4.69, 9.17) is 0 Å². The summed E-state index contributed by atoms with van der Waals surface area (Å²) in [7, 11) is -13.0. The number of hydrogen-bond donors (Lipinski definition) is 0. The zero-order valence-electron chi connectivity index (χ0n) is 12.2. The maximum Gasteiger partial charge on any atom is 0.471 e. The first kappa shape index (κ1) is 26.6. The van der Waals surface area contributed by atoms with Crippen molar-refractivity contribution in [3.63, 3.8) is 0 Å². The minimum atomic E-state index is -7.30. The fraction of sp³-hybridized carbons (Fsp3) is 0.750. The van der Waals surface area contributed by atoms with Crippen molar-refractivity contribution in [2.45, 2.75) is 24.0 Å². The van der Waals surface area contributed by atoms with Crippen molar-refractivity contribution in [3.8, 4) is 0 Å². The van der Waals surface area contributed by atoms with Crippen molar-refractivity contribution in [1.29, 1.82) is 0 Å². The Kier molecular flexibility index (Phi) is 7.37. The second kappa shape index (κ2) is 7.76. The van der Waals surface area contributed by atoms with Crippen molar-refractivity contribution >= 4 is 20.4 Å². The molecule has 0 bridgehead atoms. The van der Waals surface area contributed by atoms with Gasteiger partial charge in [0.05, 0.1) is 0 Å². The van der Waals surface area contributed by atoms with Gasteiger partial charge in [0.25, 0.3) is 0 Å². The van der Waals surface area contributed by atoms with E-state index >= 15 is 0 Å². The third-order valence-electron chi connectivity index (χ3n) is 2.20. The van der Waals surface area contributed by atoms with Crippen LogP contribution >= 0.6 is 0 Å². The normalized spacial score (nSPS) is 16.4. The number of rotatable bonds is 9. The molecular formula is C8H4F12O6S2. The molecule has 6 nitrogen and oxygen atoms in total. The van der Waals surface area contributed by atoms with Gasteiger partial charge in [0, 0.05) is 0 Å². The first-order valence-electron chi connectivity index (χ1n) is 5.72. The first-order valence-corrected chi connectivity index (χ1v) is 8.82. The lowest BCUT2D eigenvalue weighted by Crippen LogP contribution is -2.63. The second-order valence-electron chi connectivity index (χ2n) is 4.60. The van der Waals surface area contributed by atoms with Crippen LogP contribution in [0.3, 0.4) is 0 Å². The average molecular weight is 488 g/mol. The Morgan fingerprint density at radius 2 is 1.11 bits per heavy atom. The van der Waals surface area contributed by atoms with Gasteiger partial charge < -0.3 is 4.74 Å². The molecule has 168 valence electrons. The van der Waals surface area contributed by atoms with Gasteiger partial charge in [0.2, 0.25) is 5.85 Å². The van der Waals surface area contributed by atoms with E-state index in [9.17, 15) is 68.5 Å². The Balaban J connectivity index is 6.50. The van der Waals surface area contributed by atoms with Gasteiger partial charge >= 0.3 is 50.7 Å². The lowest BCUT2D eigenvalue weighted by atomic mass is 10.2. The fourth-order valence-electron chi connectivity index (χ4n) is 1.37. The van der Waals surface area contributed by atoms with Gasteiger partial charge in [0.15, 0.2) is 0 Å². The highest BCUT2D eigenvalue weighted by molar-refractivity contribution is 7.87. The molecule has 20 heteroatoms. The van der Waals surface area contributed by atoms with E-state index in [2.05, 4.69) is 9.47 Å². The SMILES string of the molecule is O=S(=O)(F)CC(F)(CS(=O)(=O)F)OC(F)(C(F)(F)F)C(F)(F)OC(F)=C(F)F. The smallest absolute Gasteiger partial charge is 0.398 e. The van der Waals surface area contributed by atoms with E-state index in [0.717, 1.165) is 0 Å². The van der Waals surface area contributed by atoms with Gasteiger partial charge in [-0.25, -0.2) is 4.39 Å². The Morgan fingerprint density at radius 1 is 0.750 bits per heavy atom. The van der Waals surface area contributed by atoms with Crippen molar-refractivity contribution in [2.24, 2.45) is 0 Å². The number of halogens is 12. The summed E-state index contributed by atoms with van der Waals surface area (Å²) in [5.41, 5.74) is 0. The number of hydrogen-bond acceptors (Lipinski definition) is 6. The minimum absolute atomic E-state index is 2.05. The molecule has 0 saturated carbocycles. The largest absolute Gasteiger partial charge is 0.471 e. The van der Waals surface area contributed by atoms with Crippen LogP contribution in [0.25, 0.3) is 0 Å². The Labute approximate surface area is 147 Å². The highest BCUT2D eigenvalue weighted by atomic mass is 32.3. The third kappa shape index (κ3) is 7.18. The number of ether oxygens (including phenoxy) is 2. The van der Waals surface area contributed by atoms with Crippen molar-refractivity contribution in [2.75, 3.05) is 11.5 Å². The standard InChI is InChI=1S/C8H4F12O6S2/c9-3(10)4(11)25-8(17,18)6(13,7(14,15)16)26-5(12,1-27(19,21)22)2-28(20,23)24/h1-2H2. The van der Waals surface area contributed by atoms with Crippen LogP contribution in [0, 0.1) is 0 Å². The summed E-state index contributed by atoms with van der Waals surface area (Å²) < 4.78 is 198. The monoisotopic (exact) mass is 488 g/mol. The third-order valence-corrected chi connectivity index (χ3v) is 3.76. The molecule has 0 N–H and O–H groups in total. The molecule has 0 spiro atoms. The Bertz CT molecular complexity index is 780. The van der Waals surface area contributed by atoms with Gasteiger partial charge in [-0.2, -0.15) is 56.3 Å². The van der Waals surface area contributed by atoms with Gasteiger partial charge in [-0.05, 0) is 0 Å². The van der Waals surface area contributed by atoms with Crippen LogP contribution in [0.15, 0.2) is 12.1 Å². The second-order valence-corrected chi connectivity index (χ2v) is 7.33. The van der Waals surface area contributed by atoms with Gasteiger partial charge in [-0.1, -0.05) is 0 Å². The predicted molar refractivity (Wildman–Crippen MR) is 61.0 cm³/mol. The molecule has 0 heterocycles. The number of alkyl halides is 7. The molecular weight excluding hydrogens is 484 g/mol. The molecule has 0 aliphatic carbocycles. The molecule has 0 aromatic rings. The zero-order chi connectivity index (χ0) is 23.0. The molecule has 0 aliphatic rings. The van der Waals surface area contributed by atoms with Crippen LogP contribution in [0.1, 0.15) is 0 Å². The summed E-state index contributed by atoms with van der Waals surface area (Å²) in [6.07, 6.45) is -18.2. The maximum atomic E-state index is 14.0. The molecule has 0 aromatic heterocycles. The summed E-state index contributed by atoms with van der Waals surface area (Å²) >= 11 is 0. The lowest BCUT2D eigenvalue weighted by molar-refractivity contribution is -0.478. The first-order chi connectivity index (χ1) is 11.9. The van der Waals surface area contributed by atoms with Crippen molar-refractivity contribution in [1.82, 2.24) is 0 Å². The lowest BCUT2D eigenvalue weighted by Gasteiger charge is -2.37. The maximum absolute atomic E-state index is 14.0. The summed E-state index contributed by atoms with van der Waals surface area (Å²) in [5.74, 6) is -19.3. The van der Waals surface area contributed by atoms with E-state index in [1.165, 1.54) is 0 Å². The molecule has 0 aromatic carbocycles. The van der Waals surface area contributed by atoms with E-state index in [1.807, 2.05) is 0 Å². The molecule has 0 radical (unpaired) electrons. The molecule has 1 atom stereocenters. The summed E-state index contributed by atoms with van der Waals surface area (Å²) in [6, 6.07) is -3.85. The van der Waals surface area contributed by atoms with E-state index in [-0.39, 0.29) is 0 Å². The van der Waals surface area contributed by atoms with Crippen molar-refractivity contribution < 1.29 is 78.0 Å². The van der Waals surface area contributed by atoms with E-state index < -0.39 is 68.0 Å². The zero-order valence-corrected chi connectivity index (χ0v) is 13.8. The van der Waals surface area contributed by atoms with Crippen LogP contribution in [-0.2, 0) is 29.9 Å². The predicted octanol–water partition coefficient (Wildman–Crippen LogP) is 3.14.